The first-order valence-corrected chi connectivity index (χ1v) is 9.72. The molecule has 1 amide bonds. The van der Waals surface area contributed by atoms with Gasteiger partial charge in [-0.05, 0) is 23.9 Å². The zero-order chi connectivity index (χ0) is 20.8. The van der Waals surface area contributed by atoms with Crippen LogP contribution in [-0.2, 0) is 9.53 Å². The third kappa shape index (κ3) is 5.14. The fourth-order valence-corrected chi connectivity index (χ4v) is 3.51. The molecular formula is C22H21NO5S. The quantitative estimate of drug-likeness (QED) is 0.578. The van der Waals surface area contributed by atoms with Crippen LogP contribution in [0.4, 0.5) is 5.69 Å². The summed E-state index contributed by atoms with van der Waals surface area (Å²) in [4.78, 5) is 25.2. The Morgan fingerprint density at radius 3 is 2.24 bits per heavy atom. The topological polar surface area (TPSA) is 73.9 Å². The van der Waals surface area contributed by atoms with Gasteiger partial charge in [-0.3, -0.25) is 4.79 Å². The average molecular weight is 411 g/mol. The lowest BCUT2D eigenvalue weighted by molar-refractivity contribution is -0.119. The summed E-state index contributed by atoms with van der Waals surface area (Å²) in [7, 11) is 3.05. The predicted octanol–water partition coefficient (Wildman–Crippen LogP) is 4.54. The minimum absolute atomic E-state index is 0.399. The molecule has 0 bridgehead atoms. The molecule has 7 heteroatoms. The monoisotopic (exact) mass is 411 g/mol. The number of hydrogen-bond acceptors (Lipinski definition) is 6. The SMILES string of the molecule is COc1cc(NC(=O)COC(=O)c2sccc2-c2ccc(C)cc2)cc(OC)c1. The molecule has 3 rings (SSSR count). The summed E-state index contributed by atoms with van der Waals surface area (Å²) in [6.45, 7) is 1.60. The number of hydrogen-bond donors (Lipinski definition) is 1. The van der Waals surface area contributed by atoms with Gasteiger partial charge in [-0.15, -0.1) is 11.3 Å². The van der Waals surface area contributed by atoms with Crippen LogP contribution in [0.25, 0.3) is 11.1 Å². The number of methoxy groups -OCH3 is 2. The Morgan fingerprint density at radius 2 is 1.62 bits per heavy atom. The molecule has 0 saturated carbocycles. The Morgan fingerprint density at radius 1 is 0.966 bits per heavy atom. The Bertz CT molecular complexity index is 988. The number of carbonyl (C=O) groups excluding carboxylic acids is 2. The van der Waals surface area contributed by atoms with Gasteiger partial charge in [0.15, 0.2) is 6.61 Å². The molecule has 0 aliphatic rings. The van der Waals surface area contributed by atoms with Gasteiger partial charge in [0.1, 0.15) is 16.4 Å². The molecule has 0 saturated heterocycles. The lowest BCUT2D eigenvalue weighted by atomic mass is 10.1. The van der Waals surface area contributed by atoms with E-state index in [1.165, 1.54) is 25.6 Å². The molecule has 6 nitrogen and oxygen atoms in total. The Hall–Kier alpha value is -3.32. The summed E-state index contributed by atoms with van der Waals surface area (Å²) in [5.41, 5.74) is 3.34. The third-order valence-electron chi connectivity index (χ3n) is 4.18. The summed E-state index contributed by atoms with van der Waals surface area (Å²) >= 11 is 1.28. The van der Waals surface area contributed by atoms with Crippen molar-refractivity contribution in [3.8, 4) is 22.6 Å². The molecule has 1 heterocycles. The lowest BCUT2D eigenvalue weighted by Gasteiger charge is -2.10. The number of rotatable bonds is 7. The minimum Gasteiger partial charge on any atom is -0.497 e. The first-order valence-electron chi connectivity index (χ1n) is 8.84. The second-order valence-electron chi connectivity index (χ2n) is 6.26. The highest BCUT2D eigenvalue weighted by Gasteiger charge is 2.17. The Labute approximate surface area is 173 Å². The molecule has 0 unspecified atom stereocenters. The molecule has 29 heavy (non-hydrogen) atoms. The minimum atomic E-state index is -0.533. The van der Waals surface area contributed by atoms with Gasteiger partial charge in [0.05, 0.1) is 14.2 Å². The van der Waals surface area contributed by atoms with Crippen LogP contribution < -0.4 is 14.8 Å². The number of carbonyl (C=O) groups is 2. The number of esters is 1. The number of nitrogens with one attached hydrogen (secondary N) is 1. The van der Waals surface area contributed by atoms with Crippen LogP contribution in [0.2, 0.25) is 0 Å². The van der Waals surface area contributed by atoms with Crippen LogP contribution in [0.3, 0.4) is 0 Å². The van der Waals surface area contributed by atoms with Gasteiger partial charge in [0, 0.05) is 29.4 Å². The van der Waals surface area contributed by atoms with Crippen molar-refractivity contribution in [1.29, 1.82) is 0 Å². The standard InChI is InChI=1S/C22H21NO5S/c1-14-4-6-15(7-5-14)19-8-9-29-21(19)22(25)28-13-20(24)23-16-10-17(26-2)12-18(11-16)27-3/h4-12H,13H2,1-3H3,(H,23,24). The van der Waals surface area contributed by atoms with Crippen molar-refractivity contribution in [2.45, 2.75) is 6.92 Å². The summed E-state index contributed by atoms with van der Waals surface area (Å²) in [6, 6.07) is 14.7. The molecule has 1 aromatic heterocycles. The fraction of sp³-hybridized carbons (Fsp3) is 0.182. The lowest BCUT2D eigenvalue weighted by Crippen LogP contribution is -2.20. The third-order valence-corrected chi connectivity index (χ3v) is 5.08. The van der Waals surface area contributed by atoms with E-state index >= 15 is 0 Å². The van der Waals surface area contributed by atoms with Crippen LogP contribution >= 0.6 is 11.3 Å². The van der Waals surface area contributed by atoms with Crippen molar-refractivity contribution < 1.29 is 23.8 Å². The van der Waals surface area contributed by atoms with Crippen LogP contribution in [-0.4, -0.2) is 32.7 Å². The van der Waals surface area contributed by atoms with Crippen LogP contribution in [0.5, 0.6) is 11.5 Å². The van der Waals surface area contributed by atoms with Crippen molar-refractivity contribution in [3.05, 3.63) is 64.4 Å². The maximum absolute atomic E-state index is 12.5. The second-order valence-corrected chi connectivity index (χ2v) is 7.17. The maximum Gasteiger partial charge on any atom is 0.349 e. The molecule has 150 valence electrons. The molecule has 0 aliphatic carbocycles. The molecule has 0 aliphatic heterocycles. The van der Waals surface area contributed by atoms with E-state index in [1.807, 2.05) is 42.6 Å². The highest BCUT2D eigenvalue weighted by Crippen LogP contribution is 2.29. The van der Waals surface area contributed by atoms with E-state index in [0.29, 0.717) is 22.1 Å². The maximum atomic E-state index is 12.5. The second kappa shape index (κ2) is 9.25. The smallest absolute Gasteiger partial charge is 0.349 e. The number of amides is 1. The molecule has 2 aromatic carbocycles. The number of aryl methyl sites for hydroxylation is 1. The molecule has 0 fully saturated rings. The van der Waals surface area contributed by atoms with E-state index in [9.17, 15) is 9.59 Å². The largest absolute Gasteiger partial charge is 0.497 e. The fourth-order valence-electron chi connectivity index (χ4n) is 2.70. The van der Waals surface area contributed by atoms with Gasteiger partial charge >= 0.3 is 5.97 Å². The number of benzene rings is 2. The van der Waals surface area contributed by atoms with Crippen molar-refractivity contribution in [1.82, 2.24) is 0 Å². The first-order chi connectivity index (χ1) is 14.0. The Balaban J connectivity index is 1.64. The average Bonchev–Trinajstić information content (AvgIpc) is 3.22. The van der Waals surface area contributed by atoms with E-state index in [1.54, 1.807) is 18.2 Å². The van der Waals surface area contributed by atoms with E-state index in [0.717, 1.165) is 16.7 Å². The van der Waals surface area contributed by atoms with Gasteiger partial charge in [0.25, 0.3) is 5.91 Å². The summed E-state index contributed by atoms with van der Waals surface area (Å²) in [5, 5.41) is 4.50. The van der Waals surface area contributed by atoms with Gasteiger partial charge in [-0.25, -0.2) is 4.79 Å². The summed E-state index contributed by atoms with van der Waals surface area (Å²) < 4.78 is 15.6. The van der Waals surface area contributed by atoms with Gasteiger partial charge in [-0.2, -0.15) is 0 Å². The number of ether oxygens (including phenoxy) is 3. The van der Waals surface area contributed by atoms with Crippen molar-refractivity contribution in [3.63, 3.8) is 0 Å². The zero-order valence-electron chi connectivity index (χ0n) is 16.4. The predicted molar refractivity (Wildman–Crippen MR) is 113 cm³/mol. The van der Waals surface area contributed by atoms with E-state index in [4.69, 9.17) is 14.2 Å². The first kappa shape index (κ1) is 20.4. The van der Waals surface area contributed by atoms with E-state index in [-0.39, 0.29) is 0 Å². The van der Waals surface area contributed by atoms with Gasteiger partial charge < -0.3 is 19.5 Å². The highest BCUT2D eigenvalue weighted by atomic mass is 32.1. The molecule has 0 radical (unpaired) electrons. The van der Waals surface area contributed by atoms with Gasteiger partial charge in [-0.1, -0.05) is 29.8 Å². The number of anilines is 1. The van der Waals surface area contributed by atoms with E-state index < -0.39 is 18.5 Å². The van der Waals surface area contributed by atoms with Crippen molar-refractivity contribution in [2.75, 3.05) is 26.1 Å². The molecule has 0 atom stereocenters. The van der Waals surface area contributed by atoms with Crippen LogP contribution in [0.1, 0.15) is 15.2 Å². The normalized spacial score (nSPS) is 10.3. The molecule has 1 N–H and O–H groups in total. The Kier molecular flexibility index (Phi) is 6.51. The number of thiophene rings is 1. The van der Waals surface area contributed by atoms with Crippen LogP contribution in [0.15, 0.2) is 53.9 Å². The zero-order valence-corrected chi connectivity index (χ0v) is 17.2. The van der Waals surface area contributed by atoms with Crippen molar-refractivity contribution in [2.24, 2.45) is 0 Å². The van der Waals surface area contributed by atoms with Crippen LogP contribution in [0, 0.1) is 6.92 Å². The molecule has 0 spiro atoms. The highest BCUT2D eigenvalue weighted by molar-refractivity contribution is 7.12. The summed E-state index contributed by atoms with van der Waals surface area (Å²) in [5.74, 6) is 0.0898. The molecule has 3 aromatic rings. The molecular weight excluding hydrogens is 390 g/mol. The van der Waals surface area contributed by atoms with Crippen molar-refractivity contribution >= 4 is 28.9 Å². The van der Waals surface area contributed by atoms with Gasteiger partial charge in [0.2, 0.25) is 0 Å². The van der Waals surface area contributed by atoms with E-state index in [2.05, 4.69) is 5.32 Å². The summed E-state index contributed by atoms with van der Waals surface area (Å²) in [6.07, 6.45) is 0.